The van der Waals surface area contributed by atoms with Crippen LogP contribution in [-0.4, -0.2) is 49.4 Å². The van der Waals surface area contributed by atoms with Gasteiger partial charge in [-0.05, 0) is 56.4 Å². The second-order valence-electron chi connectivity index (χ2n) is 8.92. The molecule has 0 radical (unpaired) electrons. The van der Waals surface area contributed by atoms with Crippen LogP contribution in [0.25, 0.3) is 11.4 Å². The van der Waals surface area contributed by atoms with E-state index in [1.165, 1.54) is 0 Å². The first-order valence-electron chi connectivity index (χ1n) is 11.1. The molecule has 2 fully saturated rings. The number of rotatable bonds is 4. The van der Waals surface area contributed by atoms with Crippen LogP contribution in [0.1, 0.15) is 40.2 Å². The molecule has 10 heteroatoms. The van der Waals surface area contributed by atoms with Crippen LogP contribution in [0.2, 0.25) is 0 Å². The predicted molar refractivity (Wildman–Crippen MR) is 119 cm³/mol. The SMILES string of the molecule is Cc1ccc(C(=O)N2CC3CC(Nc4cnc(C(F)(F)F)cn4)C2C3)c(-c2ncccc2C)n1. The van der Waals surface area contributed by atoms with Crippen LogP contribution >= 0.6 is 0 Å². The number of alkyl halides is 3. The van der Waals surface area contributed by atoms with Crippen LogP contribution in [-0.2, 0) is 6.18 Å². The van der Waals surface area contributed by atoms with Crippen molar-refractivity contribution in [3.8, 4) is 11.4 Å². The van der Waals surface area contributed by atoms with Crippen LogP contribution in [0.15, 0.2) is 42.9 Å². The number of hydrogen-bond acceptors (Lipinski definition) is 6. The highest BCUT2D eigenvalue weighted by atomic mass is 19.4. The maximum absolute atomic E-state index is 13.7. The van der Waals surface area contributed by atoms with Gasteiger partial charge in [-0.3, -0.25) is 14.8 Å². The van der Waals surface area contributed by atoms with E-state index in [4.69, 9.17) is 0 Å². The predicted octanol–water partition coefficient (Wildman–Crippen LogP) is 4.28. The number of amides is 1. The Bertz CT molecular complexity index is 1230. The standard InChI is InChI=1S/C24H23F3N6O/c1-13-4-3-7-28-21(13)22-16(6-5-14(2)31-22)23(34)33-12-15-8-17(18(33)9-15)32-20-11-29-19(10-30-20)24(25,26)27/h3-7,10-11,15,17-18H,8-9,12H2,1-2H3,(H,30,32). The molecular formula is C24H23F3N6O. The fourth-order valence-corrected chi connectivity index (χ4v) is 4.95. The normalized spacial score (nSPS) is 21.7. The number of piperidine rings is 1. The van der Waals surface area contributed by atoms with Crippen molar-refractivity contribution in [1.29, 1.82) is 0 Å². The molecule has 34 heavy (non-hydrogen) atoms. The first-order chi connectivity index (χ1) is 16.2. The molecule has 1 aliphatic heterocycles. The highest BCUT2D eigenvalue weighted by Crippen LogP contribution is 2.40. The van der Waals surface area contributed by atoms with E-state index >= 15 is 0 Å². The lowest BCUT2D eigenvalue weighted by Gasteiger charge is -2.34. The third-order valence-electron chi connectivity index (χ3n) is 6.52. The molecule has 176 valence electrons. The molecule has 0 aromatic carbocycles. The number of aryl methyl sites for hydroxylation is 2. The second kappa shape index (κ2) is 8.34. The van der Waals surface area contributed by atoms with Crippen molar-refractivity contribution in [3.05, 3.63) is 65.4 Å². The summed E-state index contributed by atoms with van der Waals surface area (Å²) in [7, 11) is 0. The van der Waals surface area contributed by atoms with Crippen LogP contribution in [0.4, 0.5) is 19.0 Å². The molecule has 2 bridgehead atoms. The number of carbonyl (C=O) groups excluding carboxylic acids is 1. The maximum atomic E-state index is 13.7. The first kappa shape index (κ1) is 22.2. The Hall–Kier alpha value is -3.56. The van der Waals surface area contributed by atoms with Crippen LogP contribution in [0.5, 0.6) is 0 Å². The highest BCUT2D eigenvalue weighted by molar-refractivity contribution is 6.00. The third kappa shape index (κ3) is 4.08. The van der Waals surface area contributed by atoms with Crippen molar-refractivity contribution in [2.75, 3.05) is 11.9 Å². The Labute approximate surface area is 194 Å². The van der Waals surface area contributed by atoms with E-state index in [1.807, 2.05) is 36.9 Å². The molecule has 7 nitrogen and oxygen atoms in total. The van der Waals surface area contributed by atoms with Gasteiger partial charge < -0.3 is 10.2 Å². The molecule has 3 aromatic rings. The van der Waals surface area contributed by atoms with E-state index in [0.717, 1.165) is 36.5 Å². The minimum Gasteiger partial charge on any atom is -0.364 e. The molecule has 1 amide bonds. The lowest BCUT2D eigenvalue weighted by Crippen LogP contribution is -2.48. The highest BCUT2D eigenvalue weighted by Gasteiger charge is 2.47. The molecule has 2 aliphatic rings. The molecule has 1 aliphatic carbocycles. The number of likely N-dealkylation sites (tertiary alicyclic amines) is 1. The number of hydrogen-bond donors (Lipinski definition) is 1. The minimum atomic E-state index is -4.53. The number of halogens is 3. The average Bonchev–Trinajstić information content (AvgIpc) is 3.39. The van der Waals surface area contributed by atoms with Gasteiger partial charge in [0, 0.05) is 24.5 Å². The van der Waals surface area contributed by atoms with E-state index in [1.54, 1.807) is 12.3 Å². The summed E-state index contributed by atoms with van der Waals surface area (Å²) in [5.41, 5.74) is 2.41. The number of fused-ring (bicyclic) bond motifs is 2. The van der Waals surface area contributed by atoms with Crippen LogP contribution < -0.4 is 5.32 Å². The van der Waals surface area contributed by atoms with Gasteiger partial charge in [-0.15, -0.1) is 0 Å². The lowest BCUT2D eigenvalue weighted by atomic mass is 10.0. The summed E-state index contributed by atoms with van der Waals surface area (Å²) in [5, 5.41) is 3.19. The number of anilines is 1. The van der Waals surface area contributed by atoms with E-state index in [0.29, 0.717) is 29.4 Å². The summed E-state index contributed by atoms with van der Waals surface area (Å²) in [4.78, 5) is 32.0. The molecule has 0 spiro atoms. The fraction of sp³-hybridized carbons (Fsp3) is 0.375. The van der Waals surface area contributed by atoms with Gasteiger partial charge >= 0.3 is 6.18 Å². The minimum absolute atomic E-state index is 0.0967. The number of nitrogens with one attached hydrogen (secondary N) is 1. The van der Waals surface area contributed by atoms with Crippen molar-refractivity contribution in [1.82, 2.24) is 24.8 Å². The summed E-state index contributed by atoms with van der Waals surface area (Å²) in [5.74, 6) is 0.456. The van der Waals surface area contributed by atoms with Gasteiger partial charge in [0.15, 0.2) is 5.69 Å². The van der Waals surface area contributed by atoms with E-state index in [-0.39, 0.29) is 23.8 Å². The Morgan fingerprint density at radius 1 is 1.06 bits per heavy atom. The Morgan fingerprint density at radius 3 is 2.56 bits per heavy atom. The van der Waals surface area contributed by atoms with Gasteiger partial charge in [0.05, 0.1) is 29.7 Å². The third-order valence-corrected chi connectivity index (χ3v) is 6.52. The number of carbonyl (C=O) groups is 1. The molecule has 4 heterocycles. The van der Waals surface area contributed by atoms with Crippen molar-refractivity contribution in [2.24, 2.45) is 5.92 Å². The van der Waals surface area contributed by atoms with Gasteiger partial charge in [0.1, 0.15) is 11.5 Å². The zero-order valence-electron chi connectivity index (χ0n) is 18.7. The van der Waals surface area contributed by atoms with Crippen molar-refractivity contribution in [2.45, 2.75) is 44.9 Å². The molecule has 1 N–H and O–H groups in total. The summed E-state index contributed by atoms with van der Waals surface area (Å²) >= 11 is 0. The quantitative estimate of drug-likeness (QED) is 0.615. The maximum Gasteiger partial charge on any atom is 0.434 e. The van der Waals surface area contributed by atoms with Gasteiger partial charge in [-0.1, -0.05) is 6.07 Å². The summed E-state index contributed by atoms with van der Waals surface area (Å²) in [6.45, 7) is 4.44. The summed E-state index contributed by atoms with van der Waals surface area (Å²) in [6, 6.07) is 7.17. The zero-order chi connectivity index (χ0) is 24.0. The smallest absolute Gasteiger partial charge is 0.364 e. The summed E-state index contributed by atoms with van der Waals surface area (Å²) in [6.07, 6.45) is 0.603. The molecule has 3 aromatic heterocycles. The molecule has 1 saturated carbocycles. The summed E-state index contributed by atoms with van der Waals surface area (Å²) < 4.78 is 38.3. The Balaban J connectivity index is 1.39. The fourth-order valence-electron chi connectivity index (χ4n) is 4.95. The van der Waals surface area contributed by atoms with Crippen molar-refractivity contribution in [3.63, 3.8) is 0 Å². The second-order valence-corrected chi connectivity index (χ2v) is 8.92. The molecule has 1 saturated heterocycles. The Morgan fingerprint density at radius 2 is 1.88 bits per heavy atom. The molecule has 3 atom stereocenters. The van der Waals surface area contributed by atoms with E-state index in [9.17, 15) is 18.0 Å². The topological polar surface area (TPSA) is 83.9 Å². The van der Waals surface area contributed by atoms with Crippen molar-refractivity contribution < 1.29 is 18.0 Å². The van der Waals surface area contributed by atoms with Crippen LogP contribution in [0, 0.1) is 19.8 Å². The van der Waals surface area contributed by atoms with Gasteiger partial charge in [-0.25, -0.2) is 9.97 Å². The van der Waals surface area contributed by atoms with Gasteiger partial charge in [0.25, 0.3) is 5.91 Å². The number of pyridine rings is 2. The van der Waals surface area contributed by atoms with E-state index in [2.05, 4.69) is 25.3 Å². The number of nitrogens with zero attached hydrogens (tertiary/aromatic N) is 5. The van der Waals surface area contributed by atoms with Gasteiger partial charge in [0.2, 0.25) is 0 Å². The van der Waals surface area contributed by atoms with E-state index < -0.39 is 11.9 Å². The monoisotopic (exact) mass is 468 g/mol. The van der Waals surface area contributed by atoms with Crippen LogP contribution in [0.3, 0.4) is 0 Å². The van der Waals surface area contributed by atoms with Gasteiger partial charge in [-0.2, -0.15) is 13.2 Å². The number of aromatic nitrogens is 4. The lowest BCUT2D eigenvalue weighted by molar-refractivity contribution is -0.141. The average molecular weight is 468 g/mol. The largest absolute Gasteiger partial charge is 0.434 e. The molecular weight excluding hydrogens is 445 g/mol. The zero-order valence-corrected chi connectivity index (χ0v) is 18.7. The van der Waals surface area contributed by atoms with Crippen molar-refractivity contribution >= 4 is 11.7 Å². The molecule has 3 unspecified atom stereocenters. The first-order valence-corrected chi connectivity index (χ1v) is 11.1. The Kier molecular flexibility index (Phi) is 5.45. The molecule has 5 rings (SSSR count).